The molecule has 0 atom stereocenters. The lowest BCUT2D eigenvalue weighted by Crippen LogP contribution is -2.54. The molecule has 0 aromatic rings. The molecule has 2 aliphatic rings. The van der Waals surface area contributed by atoms with Gasteiger partial charge in [-0.05, 0) is 12.8 Å². The van der Waals surface area contributed by atoms with Gasteiger partial charge in [-0.1, -0.05) is 13.8 Å². The Morgan fingerprint density at radius 2 is 1.71 bits per heavy atom. The molecule has 122 valence electrons. The number of hydrogen-bond acceptors (Lipinski definition) is 4. The van der Waals surface area contributed by atoms with Gasteiger partial charge in [0.1, 0.15) is 0 Å². The molecule has 2 rings (SSSR count). The summed E-state index contributed by atoms with van der Waals surface area (Å²) < 4.78 is 28.8. The van der Waals surface area contributed by atoms with E-state index in [1.807, 2.05) is 18.7 Å². The van der Waals surface area contributed by atoms with Gasteiger partial charge in [0, 0.05) is 51.2 Å². The number of carbonyl (C=O) groups is 1. The van der Waals surface area contributed by atoms with Crippen molar-refractivity contribution in [1.29, 1.82) is 0 Å². The highest BCUT2D eigenvalue weighted by Gasteiger charge is 2.30. The van der Waals surface area contributed by atoms with E-state index in [2.05, 4.69) is 10.0 Å². The van der Waals surface area contributed by atoms with Crippen molar-refractivity contribution in [3.05, 3.63) is 0 Å². The van der Waals surface area contributed by atoms with Gasteiger partial charge in [-0.3, -0.25) is 4.79 Å². The molecule has 0 aromatic heterocycles. The molecule has 2 aliphatic heterocycles. The Balaban J connectivity index is 1.84. The van der Waals surface area contributed by atoms with Crippen LogP contribution in [0.15, 0.2) is 0 Å². The second-order valence-electron chi connectivity index (χ2n) is 6.03. The summed E-state index contributed by atoms with van der Waals surface area (Å²) >= 11 is 0. The van der Waals surface area contributed by atoms with E-state index in [1.54, 1.807) is 0 Å². The monoisotopic (exact) mass is 318 g/mol. The Hall–Kier alpha value is -0.700. The van der Waals surface area contributed by atoms with Crippen LogP contribution in [0.2, 0.25) is 0 Å². The number of piperidine rings is 1. The van der Waals surface area contributed by atoms with Crippen molar-refractivity contribution in [3.8, 4) is 0 Å². The Morgan fingerprint density at radius 3 is 2.24 bits per heavy atom. The molecule has 0 saturated carbocycles. The zero-order valence-corrected chi connectivity index (χ0v) is 13.7. The van der Waals surface area contributed by atoms with Gasteiger partial charge in [-0.15, -0.1) is 0 Å². The zero-order valence-electron chi connectivity index (χ0n) is 12.8. The summed E-state index contributed by atoms with van der Waals surface area (Å²) in [4.78, 5) is 13.7. The maximum absolute atomic E-state index is 12.3. The van der Waals surface area contributed by atoms with E-state index in [9.17, 15) is 13.2 Å². The molecular weight excluding hydrogens is 292 g/mol. The van der Waals surface area contributed by atoms with E-state index in [1.165, 1.54) is 4.31 Å². The molecule has 0 unspecified atom stereocenters. The first-order chi connectivity index (χ1) is 9.90. The second kappa shape index (κ2) is 7.04. The summed E-state index contributed by atoms with van der Waals surface area (Å²) in [5.74, 6) is 0.150. The van der Waals surface area contributed by atoms with Crippen LogP contribution in [0, 0.1) is 5.92 Å². The molecular formula is C13H26N4O3S. The fraction of sp³-hybridized carbons (Fsp3) is 0.923. The number of nitrogens with one attached hydrogen (secondary N) is 2. The van der Waals surface area contributed by atoms with Crippen LogP contribution in [0.5, 0.6) is 0 Å². The minimum absolute atomic E-state index is 0.000841. The molecule has 0 spiro atoms. The molecule has 7 nitrogen and oxygen atoms in total. The Labute approximate surface area is 127 Å². The van der Waals surface area contributed by atoms with Crippen LogP contribution in [0.1, 0.15) is 26.7 Å². The maximum Gasteiger partial charge on any atom is 0.279 e. The van der Waals surface area contributed by atoms with Gasteiger partial charge in [0.15, 0.2) is 0 Å². The van der Waals surface area contributed by atoms with Crippen molar-refractivity contribution in [1.82, 2.24) is 19.2 Å². The molecule has 2 saturated heterocycles. The lowest BCUT2D eigenvalue weighted by Gasteiger charge is -2.35. The highest BCUT2D eigenvalue weighted by molar-refractivity contribution is 7.87. The first-order valence-corrected chi connectivity index (χ1v) is 9.11. The lowest BCUT2D eigenvalue weighted by molar-refractivity contribution is -0.135. The molecule has 2 N–H and O–H groups in total. The number of hydrogen-bond donors (Lipinski definition) is 2. The van der Waals surface area contributed by atoms with Gasteiger partial charge in [0.2, 0.25) is 5.91 Å². The van der Waals surface area contributed by atoms with Crippen LogP contribution < -0.4 is 10.0 Å². The minimum Gasteiger partial charge on any atom is -0.342 e. The predicted octanol–water partition coefficient (Wildman–Crippen LogP) is -0.627. The molecule has 0 radical (unpaired) electrons. The number of likely N-dealkylation sites (tertiary alicyclic amines) is 1. The molecule has 0 aromatic carbocycles. The van der Waals surface area contributed by atoms with Crippen LogP contribution in [0.3, 0.4) is 0 Å². The van der Waals surface area contributed by atoms with Gasteiger partial charge in [0.05, 0.1) is 0 Å². The third kappa shape index (κ3) is 4.38. The number of carbonyl (C=O) groups excluding carboxylic acids is 1. The summed E-state index contributed by atoms with van der Waals surface area (Å²) in [5.41, 5.74) is 0. The summed E-state index contributed by atoms with van der Waals surface area (Å²) in [6.07, 6.45) is 1.37. The van der Waals surface area contributed by atoms with Crippen molar-refractivity contribution >= 4 is 16.1 Å². The van der Waals surface area contributed by atoms with Crippen LogP contribution in [-0.4, -0.2) is 68.8 Å². The van der Waals surface area contributed by atoms with Gasteiger partial charge in [0.25, 0.3) is 10.2 Å². The second-order valence-corrected chi connectivity index (χ2v) is 7.73. The molecule has 2 heterocycles. The van der Waals surface area contributed by atoms with E-state index in [0.717, 1.165) is 0 Å². The van der Waals surface area contributed by atoms with E-state index >= 15 is 0 Å². The summed E-state index contributed by atoms with van der Waals surface area (Å²) in [6.45, 7) is 7.46. The number of nitrogens with zero attached hydrogens (tertiary/aromatic N) is 2. The average Bonchev–Trinajstić information content (AvgIpc) is 2.48. The van der Waals surface area contributed by atoms with E-state index in [-0.39, 0.29) is 17.9 Å². The van der Waals surface area contributed by atoms with Crippen LogP contribution >= 0.6 is 0 Å². The van der Waals surface area contributed by atoms with E-state index < -0.39 is 10.2 Å². The SMILES string of the molecule is CC(C)C(=O)N1CCC(NS(=O)(=O)N2CCNCC2)CC1. The molecule has 0 aliphatic carbocycles. The van der Waals surface area contributed by atoms with Crippen LogP contribution in [-0.2, 0) is 15.0 Å². The quantitative estimate of drug-likeness (QED) is 0.723. The zero-order chi connectivity index (χ0) is 15.5. The van der Waals surface area contributed by atoms with Crippen LogP contribution in [0.4, 0.5) is 0 Å². The molecule has 0 bridgehead atoms. The summed E-state index contributed by atoms with van der Waals surface area (Å²) in [6, 6.07) is -0.0684. The Kier molecular flexibility index (Phi) is 5.59. The lowest BCUT2D eigenvalue weighted by atomic mass is 10.0. The smallest absolute Gasteiger partial charge is 0.279 e. The average molecular weight is 318 g/mol. The standard InChI is InChI=1S/C13H26N4O3S/c1-11(2)13(18)16-7-3-12(4-8-16)15-21(19,20)17-9-5-14-6-10-17/h11-12,14-15H,3-10H2,1-2H3. The van der Waals surface area contributed by atoms with Crippen molar-refractivity contribution in [3.63, 3.8) is 0 Å². The van der Waals surface area contributed by atoms with E-state index in [4.69, 9.17) is 0 Å². The third-order valence-corrected chi connectivity index (χ3v) is 5.71. The first kappa shape index (κ1) is 16.7. The summed E-state index contributed by atoms with van der Waals surface area (Å²) in [5, 5.41) is 3.14. The van der Waals surface area contributed by atoms with Crippen LogP contribution in [0.25, 0.3) is 0 Å². The topological polar surface area (TPSA) is 81.8 Å². The fourth-order valence-electron chi connectivity index (χ4n) is 2.75. The van der Waals surface area contributed by atoms with Gasteiger partial charge >= 0.3 is 0 Å². The maximum atomic E-state index is 12.3. The molecule has 8 heteroatoms. The third-order valence-electron chi connectivity index (χ3n) is 4.03. The predicted molar refractivity (Wildman–Crippen MR) is 80.9 cm³/mol. The van der Waals surface area contributed by atoms with Crippen molar-refractivity contribution < 1.29 is 13.2 Å². The molecule has 1 amide bonds. The van der Waals surface area contributed by atoms with Gasteiger partial charge in [-0.2, -0.15) is 17.4 Å². The number of rotatable bonds is 4. The largest absolute Gasteiger partial charge is 0.342 e. The van der Waals surface area contributed by atoms with Gasteiger partial charge in [-0.25, -0.2) is 0 Å². The van der Waals surface area contributed by atoms with E-state index in [0.29, 0.717) is 52.1 Å². The Morgan fingerprint density at radius 1 is 1.14 bits per heavy atom. The first-order valence-electron chi connectivity index (χ1n) is 7.67. The normalized spacial score (nSPS) is 22.7. The highest BCUT2D eigenvalue weighted by atomic mass is 32.2. The van der Waals surface area contributed by atoms with Crippen molar-refractivity contribution in [2.24, 2.45) is 5.92 Å². The fourth-order valence-corrected chi connectivity index (χ4v) is 4.22. The van der Waals surface area contributed by atoms with Gasteiger partial charge < -0.3 is 10.2 Å². The summed E-state index contributed by atoms with van der Waals surface area (Å²) in [7, 11) is -3.40. The number of piperazine rings is 1. The van der Waals surface area contributed by atoms with Crippen molar-refractivity contribution in [2.45, 2.75) is 32.7 Å². The Bertz CT molecular complexity index is 452. The number of amides is 1. The molecule has 2 fully saturated rings. The minimum atomic E-state index is -3.40. The van der Waals surface area contributed by atoms with Crippen molar-refractivity contribution in [2.75, 3.05) is 39.3 Å². The highest BCUT2D eigenvalue weighted by Crippen LogP contribution is 2.15. The molecule has 21 heavy (non-hydrogen) atoms.